The zero-order valence-electron chi connectivity index (χ0n) is 15.7. The predicted octanol–water partition coefficient (Wildman–Crippen LogP) is 3.86. The van der Waals surface area contributed by atoms with Crippen LogP contribution in [0.2, 0.25) is 0 Å². The SMILES string of the molecule is COc1ccc(-c2nc(N)[nH]c2N=C2CCc3c(C(=N)N)cccc32)cc1.Cl.Cl. The van der Waals surface area contributed by atoms with Gasteiger partial charge >= 0.3 is 0 Å². The lowest BCUT2D eigenvalue weighted by molar-refractivity contribution is 0.415. The Balaban J connectivity index is 0.00000150. The molecule has 0 atom stereocenters. The Kier molecular flexibility index (Phi) is 6.89. The van der Waals surface area contributed by atoms with E-state index in [-0.39, 0.29) is 30.6 Å². The number of rotatable bonds is 4. The maximum Gasteiger partial charge on any atom is 0.199 e. The number of hydrogen-bond acceptors (Lipinski definition) is 5. The molecule has 4 rings (SSSR count). The van der Waals surface area contributed by atoms with E-state index >= 15 is 0 Å². The molecule has 1 aromatic heterocycles. The molecule has 152 valence electrons. The van der Waals surface area contributed by atoms with Crippen LogP contribution in [0.5, 0.6) is 5.75 Å². The molecular formula is C20H22Cl2N6O. The molecule has 0 aliphatic heterocycles. The lowest BCUT2D eigenvalue weighted by Crippen LogP contribution is -2.13. The average Bonchev–Trinajstić information content (AvgIpc) is 3.25. The number of halogens is 2. The van der Waals surface area contributed by atoms with Gasteiger partial charge in [0, 0.05) is 11.1 Å². The third-order valence-electron chi connectivity index (χ3n) is 4.70. The number of nitrogens with one attached hydrogen (secondary N) is 2. The summed E-state index contributed by atoms with van der Waals surface area (Å²) in [4.78, 5) is 12.3. The number of amidine groups is 1. The molecule has 1 aliphatic carbocycles. The van der Waals surface area contributed by atoms with Gasteiger partial charge in [0.25, 0.3) is 0 Å². The minimum absolute atomic E-state index is 0. The third-order valence-corrected chi connectivity index (χ3v) is 4.70. The molecule has 1 aliphatic rings. The van der Waals surface area contributed by atoms with Crippen LogP contribution in [0.3, 0.4) is 0 Å². The highest BCUT2D eigenvalue weighted by Crippen LogP contribution is 2.33. The van der Waals surface area contributed by atoms with E-state index in [4.69, 9.17) is 26.6 Å². The van der Waals surface area contributed by atoms with Crippen molar-refractivity contribution in [2.45, 2.75) is 12.8 Å². The van der Waals surface area contributed by atoms with Crippen LogP contribution < -0.4 is 16.2 Å². The second-order valence-electron chi connectivity index (χ2n) is 6.35. The summed E-state index contributed by atoms with van der Waals surface area (Å²) in [6.45, 7) is 0. The lowest BCUT2D eigenvalue weighted by atomic mass is 10.0. The van der Waals surface area contributed by atoms with Gasteiger partial charge in [-0.25, -0.2) is 9.98 Å². The number of nitrogens with two attached hydrogens (primary N) is 2. The number of ether oxygens (including phenoxy) is 1. The van der Waals surface area contributed by atoms with Crippen molar-refractivity contribution in [3.63, 3.8) is 0 Å². The number of aliphatic imine (C=N–C) groups is 1. The molecule has 0 saturated carbocycles. The van der Waals surface area contributed by atoms with Gasteiger partial charge < -0.3 is 21.2 Å². The molecule has 0 spiro atoms. The number of aromatic amines is 1. The summed E-state index contributed by atoms with van der Waals surface area (Å²) >= 11 is 0. The van der Waals surface area contributed by atoms with Gasteiger partial charge in [0.05, 0.1) is 12.8 Å². The van der Waals surface area contributed by atoms with E-state index in [1.54, 1.807) is 7.11 Å². The summed E-state index contributed by atoms with van der Waals surface area (Å²) < 4.78 is 5.21. The van der Waals surface area contributed by atoms with Gasteiger partial charge in [-0.3, -0.25) is 5.41 Å². The second kappa shape index (κ2) is 8.98. The largest absolute Gasteiger partial charge is 0.497 e. The molecule has 0 amide bonds. The smallest absolute Gasteiger partial charge is 0.199 e. The van der Waals surface area contributed by atoms with Crippen LogP contribution in [0.1, 0.15) is 23.1 Å². The molecule has 9 heteroatoms. The molecule has 0 fully saturated rings. The van der Waals surface area contributed by atoms with E-state index in [1.807, 2.05) is 42.5 Å². The number of benzene rings is 2. The highest BCUT2D eigenvalue weighted by atomic mass is 35.5. The van der Waals surface area contributed by atoms with Gasteiger partial charge in [-0.2, -0.15) is 0 Å². The van der Waals surface area contributed by atoms with Gasteiger partial charge in [0.15, 0.2) is 11.8 Å². The fourth-order valence-corrected chi connectivity index (χ4v) is 3.42. The zero-order valence-corrected chi connectivity index (χ0v) is 17.4. The first-order valence-corrected chi connectivity index (χ1v) is 8.61. The number of hydrogen-bond donors (Lipinski definition) is 4. The molecule has 0 radical (unpaired) electrons. The summed E-state index contributed by atoms with van der Waals surface area (Å²) in [5.74, 6) is 1.79. The van der Waals surface area contributed by atoms with Crippen molar-refractivity contribution in [3.8, 4) is 17.0 Å². The molecule has 0 saturated heterocycles. The second-order valence-corrected chi connectivity index (χ2v) is 6.35. The molecule has 0 bridgehead atoms. The summed E-state index contributed by atoms with van der Waals surface area (Å²) in [5, 5.41) is 7.77. The fourth-order valence-electron chi connectivity index (χ4n) is 3.42. The molecule has 29 heavy (non-hydrogen) atoms. The van der Waals surface area contributed by atoms with Crippen LogP contribution in [-0.2, 0) is 6.42 Å². The molecule has 0 unspecified atom stereocenters. The van der Waals surface area contributed by atoms with Crippen molar-refractivity contribution in [1.82, 2.24) is 9.97 Å². The Hall–Kier alpha value is -3.03. The van der Waals surface area contributed by atoms with Crippen LogP contribution >= 0.6 is 24.8 Å². The van der Waals surface area contributed by atoms with Crippen LogP contribution in [0.15, 0.2) is 47.5 Å². The zero-order chi connectivity index (χ0) is 19.0. The normalized spacial score (nSPS) is 13.3. The molecule has 7 nitrogen and oxygen atoms in total. The summed E-state index contributed by atoms with van der Waals surface area (Å²) in [6.07, 6.45) is 1.59. The van der Waals surface area contributed by atoms with Crippen molar-refractivity contribution in [2.75, 3.05) is 12.8 Å². The Bertz CT molecular complexity index is 1060. The summed E-state index contributed by atoms with van der Waals surface area (Å²) in [5.41, 5.74) is 17.0. The van der Waals surface area contributed by atoms with E-state index in [9.17, 15) is 0 Å². The van der Waals surface area contributed by atoms with Crippen LogP contribution in [0, 0.1) is 5.41 Å². The van der Waals surface area contributed by atoms with Crippen LogP contribution in [0.4, 0.5) is 11.8 Å². The monoisotopic (exact) mass is 432 g/mol. The van der Waals surface area contributed by atoms with Gasteiger partial charge in [0.1, 0.15) is 17.3 Å². The van der Waals surface area contributed by atoms with Crippen molar-refractivity contribution < 1.29 is 4.74 Å². The van der Waals surface area contributed by atoms with Gasteiger partial charge in [0.2, 0.25) is 0 Å². The summed E-state index contributed by atoms with van der Waals surface area (Å²) in [6, 6.07) is 13.4. The molecule has 6 N–H and O–H groups in total. The standard InChI is InChI=1S/C20H20N6O.2ClH/c1-27-12-7-5-11(6-8-12)17-19(26-20(23)25-17)24-16-10-9-13-14(16)3-2-4-15(13)18(21)22;;/h2-8H,9-10H2,1H3,(H3,21,22)(H3,23,25,26);2*1H. The highest BCUT2D eigenvalue weighted by Gasteiger charge is 2.22. The maximum atomic E-state index is 7.77. The topological polar surface area (TPSA) is 126 Å². The number of anilines is 1. The number of fused-ring (bicyclic) bond motifs is 1. The number of aromatic nitrogens is 2. The maximum absolute atomic E-state index is 7.77. The first-order valence-electron chi connectivity index (χ1n) is 8.61. The number of methoxy groups -OCH3 is 1. The summed E-state index contributed by atoms with van der Waals surface area (Å²) in [7, 11) is 1.63. The first-order chi connectivity index (χ1) is 13.1. The molecule has 3 aromatic rings. The Labute approximate surface area is 180 Å². The van der Waals surface area contributed by atoms with Crippen molar-refractivity contribution in [1.29, 1.82) is 5.41 Å². The van der Waals surface area contributed by atoms with E-state index in [2.05, 4.69) is 9.97 Å². The quantitative estimate of drug-likeness (QED) is 0.368. The third kappa shape index (κ3) is 4.21. The lowest BCUT2D eigenvalue weighted by Gasteiger charge is -2.06. The average molecular weight is 433 g/mol. The Morgan fingerprint density at radius 1 is 1.14 bits per heavy atom. The van der Waals surface area contributed by atoms with Crippen molar-refractivity contribution >= 4 is 48.1 Å². The van der Waals surface area contributed by atoms with Crippen LogP contribution in [-0.4, -0.2) is 28.6 Å². The van der Waals surface area contributed by atoms with Gasteiger partial charge in [-0.1, -0.05) is 18.2 Å². The Morgan fingerprint density at radius 2 is 1.86 bits per heavy atom. The van der Waals surface area contributed by atoms with E-state index in [1.165, 1.54) is 0 Å². The predicted molar refractivity (Wildman–Crippen MR) is 121 cm³/mol. The van der Waals surface area contributed by atoms with Gasteiger partial charge in [-0.15, -0.1) is 24.8 Å². The highest BCUT2D eigenvalue weighted by molar-refractivity contribution is 6.09. The van der Waals surface area contributed by atoms with Gasteiger partial charge in [-0.05, 0) is 48.2 Å². The minimum Gasteiger partial charge on any atom is -0.497 e. The van der Waals surface area contributed by atoms with Crippen molar-refractivity contribution in [2.24, 2.45) is 10.7 Å². The number of nitrogens with zero attached hydrogens (tertiary/aromatic N) is 2. The molecular weight excluding hydrogens is 411 g/mol. The number of H-pyrrole nitrogens is 1. The van der Waals surface area contributed by atoms with Crippen LogP contribution in [0.25, 0.3) is 11.3 Å². The first kappa shape index (κ1) is 22.3. The van der Waals surface area contributed by atoms with E-state index in [0.717, 1.165) is 46.6 Å². The minimum atomic E-state index is 0. The van der Waals surface area contributed by atoms with Crippen molar-refractivity contribution in [3.05, 3.63) is 59.2 Å². The van der Waals surface area contributed by atoms with E-state index < -0.39 is 0 Å². The number of imidazole rings is 1. The fraction of sp³-hybridized carbons (Fsp3) is 0.150. The number of nitrogen functional groups attached to an aromatic ring is 2. The molecule has 2 aromatic carbocycles. The van der Waals surface area contributed by atoms with E-state index in [0.29, 0.717) is 17.5 Å². The Morgan fingerprint density at radius 3 is 2.52 bits per heavy atom. The molecule has 1 heterocycles.